The van der Waals surface area contributed by atoms with Crippen molar-refractivity contribution in [3.05, 3.63) is 53.9 Å². The van der Waals surface area contributed by atoms with E-state index in [1.807, 2.05) is 47.6 Å². The van der Waals surface area contributed by atoms with Crippen LogP contribution in [0.3, 0.4) is 0 Å². The summed E-state index contributed by atoms with van der Waals surface area (Å²) in [5, 5.41) is 0. The van der Waals surface area contributed by atoms with Crippen molar-refractivity contribution in [3.63, 3.8) is 0 Å². The average Bonchev–Trinajstić information content (AvgIpc) is 3.39. The number of hydrogen-bond donors (Lipinski definition) is 0. The normalized spacial score (nSPS) is 14.5. The van der Waals surface area contributed by atoms with Crippen molar-refractivity contribution in [2.45, 2.75) is 13.8 Å². The number of amides is 1. The second-order valence-corrected chi connectivity index (χ2v) is 7.80. The van der Waals surface area contributed by atoms with Crippen LogP contribution in [0, 0.1) is 13.8 Å². The maximum atomic E-state index is 12.9. The molecular formula is C20H20N8OS. The van der Waals surface area contributed by atoms with Crippen LogP contribution in [-0.2, 0) is 0 Å². The molecule has 10 heteroatoms. The van der Waals surface area contributed by atoms with Crippen molar-refractivity contribution < 1.29 is 4.79 Å². The first-order valence-electron chi connectivity index (χ1n) is 9.69. The first-order chi connectivity index (χ1) is 14.6. The van der Waals surface area contributed by atoms with Gasteiger partial charge in [-0.15, -0.1) is 0 Å². The van der Waals surface area contributed by atoms with Crippen molar-refractivity contribution in [3.8, 4) is 5.82 Å². The van der Waals surface area contributed by atoms with Gasteiger partial charge in [0.15, 0.2) is 0 Å². The second kappa shape index (κ2) is 7.45. The van der Waals surface area contributed by atoms with Crippen LogP contribution < -0.4 is 4.90 Å². The van der Waals surface area contributed by atoms with E-state index < -0.39 is 0 Å². The van der Waals surface area contributed by atoms with Crippen LogP contribution in [-0.4, -0.2) is 65.3 Å². The molecular weight excluding hydrogens is 400 g/mol. The lowest BCUT2D eigenvalue weighted by Gasteiger charge is -2.35. The van der Waals surface area contributed by atoms with Crippen LogP contribution in [0.2, 0.25) is 0 Å². The maximum absolute atomic E-state index is 12.9. The monoisotopic (exact) mass is 420 g/mol. The molecule has 1 aliphatic rings. The second-order valence-electron chi connectivity index (χ2n) is 7.27. The number of piperazine rings is 1. The molecule has 0 unspecified atom stereocenters. The smallest absolute Gasteiger partial charge is 0.254 e. The zero-order chi connectivity index (χ0) is 20.7. The highest BCUT2D eigenvalue weighted by Crippen LogP contribution is 2.20. The van der Waals surface area contributed by atoms with Crippen LogP contribution in [0.25, 0.3) is 16.9 Å². The lowest BCUT2D eigenvalue weighted by molar-refractivity contribution is 0.0746. The molecule has 5 rings (SSSR count). The SMILES string of the molecule is Cc1ncn(-c2cc(N3CCN(C(=O)c4ccc5nsnc5c4)CC3)ncn2)c1C. The molecule has 0 N–H and O–H groups in total. The van der Waals surface area contributed by atoms with Gasteiger partial charge in [0.2, 0.25) is 0 Å². The molecule has 0 atom stereocenters. The van der Waals surface area contributed by atoms with E-state index in [0.29, 0.717) is 31.7 Å². The predicted molar refractivity (Wildman–Crippen MR) is 114 cm³/mol. The molecule has 3 aromatic heterocycles. The number of aromatic nitrogens is 6. The van der Waals surface area contributed by atoms with Gasteiger partial charge in [-0.25, -0.2) is 15.0 Å². The molecule has 4 heterocycles. The van der Waals surface area contributed by atoms with Crippen molar-refractivity contribution >= 4 is 34.5 Å². The number of aryl methyl sites for hydroxylation is 1. The highest BCUT2D eigenvalue weighted by molar-refractivity contribution is 7.00. The van der Waals surface area contributed by atoms with Crippen molar-refractivity contribution in [1.82, 2.24) is 33.2 Å². The molecule has 0 spiro atoms. The van der Waals surface area contributed by atoms with Crippen molar-refractivity contribution in [1.29, 1.82) is 0 Å². The maximum Gasteiger partial charge on any atom is 0.254 e. The van der Waals surface area contributed by atoms with Gasteiger partial charge in [-0.3, -0.25) is 9.36 Å². The van der Waals surface area contributed by atoms with Gasteiger partial charge in [-0.1, -0.05) is 0 Å². The molecule has 1 amide bonds. The highest BCUT2D eigenvalue weighted by atomic mass is 32.1. The van der Waals surface area contributed by atoms with E-state index in [1.165, 1.54) is 0 Å². The number of nitrogens with zero attached hydrogens (tertiary/aromatic N) is 8. The third kappa shape index (κ3) is 3.28. The van der Waals surface area contributed by atoms with Gasteiger partial charge in [0.1, 0.15) is 35.3 Å². The minimum Gasteiger partial charge on any atom is -0.353 e. The van der Waals surface area contributed by atoms with E-state index in [1.54, 1.807) is 12.7 Å². The summed E-state index contributed by atoms with van der Waals surface area (Å²) in [6.45, 7) is 6.69. The van der Waals surface area contributed by atoms with Crippen LogP contribution in [0.4, 0.5) is 5.82 Å². The number of hydrogen-bond acceptors (Lipinski definition) is 8. The molecule has 4 aromatic rings. The Morgan fingerprint density at radius 2 is 1.70 bits per heavy atom. The zero-order valence-corrected chi connectivity index (χ0v) is 17.5. The molecule has 0 bridgehead atoms. The summed E-state index contributed by atoms with van der Waals surface area (Å²) < 4.78 is 10.4. The molecule has 0 aliphatic carbocycles. The minimum atomic E-state index is 0.0254. The number of fused-ring (bicyclic) bond motifs is 1. The molecule has 1 aliphatic heterocycles. The van der Waals surface area contributed by atoms with E-state index in [-0.39, 0.29) is 5.91 Å². The fraction of sp³-hybridized carbons (Fsp3) is 0.300. The van der Waals surface area contributed by atoms with E-state index in [4.69, 9.17) is 0 Å². The summed E-state index contributed by atoms with van der Waals surface area (Å²) in [6, 6.07) is 7.46. The third-order valence-electron chi connectivity index (χ3n) is 5.53. The molecule has 0 radical (unpaired) electrons. The van der Waals surface area contributed by atoms with Crippen LogP contribution in [0.1, 0.15) is 21.7 Å². The first-order valence-corrected chi connectivity index (χ1v) is 10.4. The standard InChI is InChI=1S/C20H20N8OS/c1-13-14(2)28(12-23-13)19-10-18(21-11-22-19)26-5-7-27(8-6-26)20(29)15-3-4-16-17(9-15)25-30-24-16/h3-4,9-12H,5-8H2,1-2H3. The molecule has 152 valence electrons. The van der Waals surface area contributed by atoms with Crippen LogP contribution in [0.15, 0.2) is 36.9 Å². The van der Waals surface area contributed by atoms with Gasteiger partial charge in [0, 0.05) is 43.5 Å². The Morgan fingerprint density at radius 3 is 2.47 bits per heavy atom. The lowest BCUT2D eigenvalue weighted by atomic mass is 10.1. The highest BCUT2D eigenvalue weighted by Gasteiger charge is 2.23. The Hall–Kier alpha value is -3.40. The largest absolute Gasteiger partial charge is 0.353 e. The van der Waals surface area contributed by atoms with Crippen LogP contribution >= 0.6 is 11.7 Å². The molecule has 1 fully saturated rings. The molecule has 9 nitrogen and oxygen atoms in total. The zero-order valence-electron chi connectivity index (χ0n) is 16.7. The quantitative estimate of drug-likeness (QED) is 0.502. The summed E-state index contributed by atoms with van der Waals surface area (Å²) in [5.41, 5.74) is 4.28. The summed E-state index contributed by atoms with van der Waals surface area (Å²) >= 11 is 1.16. The fourth-order valence-corrected chi connectivity index (χ4v) is 4.13. The number of imidazole rings is 1. The van der Waals surface area contributed by atoms with E-state index >= 15 is 0 Å². The van der Waals surface area contributed by atoms with E-state index in [0.717, 1.165) is 45.8 Å². The summed E-state index contributed by atoms with van der Waals surface area (Å²) in [7, 11) is 0. The van der Waals surface area contributed by atoms with Gasteiger partial charge in [0.05, 0.1) is 17.4 Å². The lowest BCUT2D eigenvalue weighted by Crippen LogP contribution is -2.49. The van der Waals surface area contributed by atoms with Gasteiger partial charge in [-0.2, -0.15) is 8.75 Å². The molecule has 30 heavy (non-hydrogen) atoms. The van der Waals surface area contributed by atoms with Crippen molar-refractivity contribution in [2.75, 3.05) is 31.1 Å². The molecule has 0 saturated carbocycles. The number of carbonyl (C=O) groups excluding carboxylic acids is 1. The Balaban J connectivity index is 1.29. The van der Waals surface area contributed by atoms with Gasteiger partial charge < -0.3 is 9.80 Å². The predicted octanol–water partition coefficient (Wildman–Crippen LogP) is 2.25. The number of carbonyl (C=O) groups is 1. The Labute approximate surface area is 177 Å². The first kappa shape index (κ1) is 18.6. The fourth-order valence-electron chi connectivity index (χ4n) is 3.61. The Bertz CT molecular complexity index is 1220. The summed E-state index contributed by atoms with van der Waals surface area (Å²) in [4.78, 5) is 30.2. The Morgan fingerprint density at radius 1 is 0.933 bits per heavy atom. The van der Waals surface area contributed by atoms with Crippen molar-refractivity contribution in [2.24, 2.45) is 0 Å². The number of rotatable bonds is 3. The topological polar surface area (TPSA) is 92.9 Å². The third-order valence-corrected chi connectivity index (χ3v) is 6.09. The van der Waals surface area contributed by atoms with E-state index in [2.05, 4.69) is 28.6 Å². The molecule has 1 aromatic carbocycles. The average molecular weight is 421 g/mol. The van der Waals surface area contributed by atoms with Crippen LogP contribution in [0.5, 0.6) is 0 Å². The number of anilines is 1. The van der Waals surface area contributed by atoms with Gasteiger partial charge in [-0.05, 0) is 32.0 Å². The Kier molecular flexibility index (Phi) is 4.62. The van der Waals surface area contributed by atoms with Gasteiger partial charge in [0.25, 0.3) is 5.91 Å². The summed E-state index contributed by atoms with van der Waals surface area (Å²) in [5.74, 6) is 1.67. The van der Waals surface area contributed by atoms with Gasteiger partial charge >= 0.3 is 0 Å². The van der Waals surface area contributed by atoms with E-state index in [9.17, 15) is 4.79 Å². The minimum absolute atomic E-state index is 0.0254. The number of benzene rings is 1. The molecule has 1 saturated heterocycles. The summed E-state index contributed by atoms with van der Waals surface area (Å²) in [6.07, 6.45) is 3.36.